The molecule has 0 unspecified atom stereocenters. The second-order valence-electron chi connectivity index (χ2n) is 4.09. The molecule has 1 aromatic carbocycles. The number of aryl methyl sites for hydroxylation is 1. The summed E-state index contributed by atoms with van der Waals surface area (Å²) in [6, 6.07) is 11.6. The van der Waals surface area contributed by atoms with Crippen LogP contribution in [0.3, 0.4) is 0 Å². The highest BCUT2D eigenvalue weighted by Crippen LogP contribution is 2.23. The standard InChI is InChI=1S/C14H16N2O/c1-10-5-3-4-6-13(10)17-14-8-7-12(9-16-14)11(2)15/h3-9,11H,15H2,1-2H3/t11-/m0/s1. The molecule has 88 valence electrons. The van der Waals surface area contributed by atoms with Crippen molar-refractivity contribution in [1.82, 2.24) is 4.98 Å². The molecule has 1 atom stereocenters. The van der Waals surface area contributed by atoms with Crippen LogP contribution in [0.5, 0.6) is 11.6 Å². The minimum absolute atomic E-state index is 0.00462. The van der Waals surface area contributed by atoms with Crippen LogP contribution >= 0.6 is 0 Å². The Bertz CT molecular complexity index is 492. The quantitative estimate of drug-likeness (QED) is 0.877. The van der Waals surface area contributed by atoms with Gasteiger partial charge in [-0.05, 0) is 31.0 Å². The van der Waals surface area contributed by atoms with Gasteiger partial charge >= 0.3 is 0 Å². The summed E-state index contributed by atoms with van der Waals surface area (Å²) in [5.74, 6) is 1.41. The van der Waals surface area contributed by atoms with Gasteiger partial charge < -0.3 is 10.5 Å². The number of hydrogen-bond donors (Lipinski definition) is 1. The van der Waals surface area contributed by atoms with E-state index in [1.165, 1.54) is 0 Å². The third-order valence-electron chi connectivity index (χ3n) is 2.59. The summed E-state index contributed by atoms with van der Waals surface area (Å²) < 4.78 is 5.69. The third kappa shape index (κ3) is 2.82. The molecular weight excluding hydrogens is 212 g/mol. The fourth-order valence-corrected chi connectivity index (χ4v) is 1.51. The van der Waals surface area contributed by atoms with Gasteiger partial charge in [0, 0.05) is 18.3 Å². The highest BCUT2D eigenvalue weighted by molar-refractivity contribution is 5.35. The summed E-state index contributed by atoms with van der Waals surface area (Å²) in [5.41, 5.74) is 7.85. The van der Waals surface area contributed by atoms with Crippen LogP contribution in [0.25, 0.3) is 0 Å². The predicted octanol–water partition coefficient (Wildman–Crippen LogP) is 3.20. The summed E-state index contributed by atoms with van der Waals surface area (Å²) in [4.78, 5) is 4.23. The van der Waals surface area contributed by atoms with Gasteiger partial charge in [0.2, 0.25) is 5.88 Å². The zero-order valence-electron chi connectivity index (χ0n) is 10.1. The van der Waals surface area contributed by atoms with Crippen molar-refractivity contribution in [3.63, 3.8) is 0 Å². The maximum atomic E-state index is 5.76. The van der Waals surface area contributed by atoms with Crippen LogP contribution in [0.4, 0.5) is 0 Å². The van der Waals surface area contributed by atoms with E-state index < -0.39 is 0 Å². The van der Waals surface area contributed by atoms with Crippen LogP contribution in [0.1, 0.15) is 24.1 Å². The molecule has 0 saturated heterocycles. The van der Waals surface area contributed by atoms with Crippen LogP contribution in [-0.2, 0) is 0 Å². The van der Waals surface area contributed by atoms with Gasteiger partial charge in [-0.1, -0.05) is 24.3 Å². The molecule has 1 aromatic heterocycles. The van der Waals surface area contributed by atoms with Crippen LogP contribution in [0, 0.1) is 6.92 Å². The molecule has 3 heteroatoms. The summed E-state index contributed by atoms with van der Waals surface area (Å²) in [5, 5.41) is 0. The van der Waals surface area contributed by atoms with Gasteiger partial charge in [-0.3, -0.25) is 0 Å². The first-order chi connectivity index (χ1) is 8.16. The fourth-order valence-electron chi connectivity index (χ4n) is 1.51. The Balaban J connectivity index is 2.17. The molecule has 0 amide bonds. The van der Waals surface area contributed by atoms with E-state index in [0.29, 0.717) is 5.88 Å². The lowest BCUT2D eigenvalue weighted by atomic mass is 10.2. The second-order valence-corrected chi connectivity index (χ2v) is 4.09. The van der Waals surface area contributed by atoms with Gasteiger partial charge in [0.1, 0.15) is 5.75 Å². The first-order valence-electron chi connectivity index (χ1n) is 5.62. The van der Waals surface area contributed by atoms with Crippen molar-refractivity contribution in [2.24, 2.45) is 5.73 Å². The van der Waals surface area contributed by atoms with Crippen molar-refractivity contribution in [2.75, 3.05) is 0 Å². The molecule has 2 aromatic rings. The number of ether oxygens (including phenoxy) is 1. The molecule has 0 aliphatic rings. The number of pyridine rings is 1. The van der Waals surface area contributed by atoms with E-state index in [0.717, 1.165) is 16.9 Å². The molecule has 0 bridgehead atoms. The summed E-state index contributed by atoms with van der Waals surface area (Å²) >= 11 is 0. The molecule has 2 rings (SSSR count). The highest BCUT2D eigenvalue weighted by atomic mass is 16.5. The van der Waals surface area contributed by atoms with E-state index >= 15 is 0 Å². The van der Waals surface area contributed by atoms with Gasteiger partial charge in [0.15, 0.2) is 0 Å². The van der Waals surface area contributed by atoms with Crippen LogP contribution in [-0.4, -0.2) is 4.98 Å². The van der Waals surface area contributed by atoms with Gasteiger partial charge in [-0.2, -0.15) is 0 Å². The Labute approximate surface area is 101 Å². The topological polar surface area (TPSA) is 48.1 Å². The van der Waals surface area contributed by atoms with Gasteiger partial charge in [0.05, 0.1) is 0 Å². The Hall–Kier alpha value is -1.87. The smallest absolute Gasteiger partial charge is 0.219 e. The molecule has 0 radical (unpaired) electrons. The molecule has 1 heterocycles. The molecule has 0 spiro atoms. The molecule has 3 nitrogen and oxygen atoms in total. The van der Waals surface area contributed by atoms with Gasteiger partial charge in [-0.15, -0.1) is 0 Å². The Morgan fingerprint density at radius 1 is 1.18 bits per heavy atom. The zero-order chi connectivity index (χ0) is 12.3. The maximum absolute atomic E-state index is 5.76. The largest absolute Gasteiger partial charge is 0.439 e. The summed E-state index contributed by atoms with van der Waals surface area (Å²) in [6.45, 7) is 3.94. The van der Waals surface area contributed by atoms with Gasteiger partial charge in [0.25, 0.3) is 0 Å². The lowest BCUT2D eigenvalue weighted by Gasteiger charge is -2.09. The normalized spacial score (nSPS) is 12.2. The zero-order valence-corrected chi connectivity index (χ0v) is 10.1. The van der Waals surface area contributed by atoms with Crippen molar-refractivity contribution in [1.29, 1.82) is 0 Å². The third-order valence-corrected chi connectivity index (χ3v) is 2.59. The van der Waals surface area contributed by atoms with E-state index in [-0.39, 0.29) is 6.04 Å². The fraction of sp³-hybridized carbons (Fsp3) is 0.214. The maximum Gasteiger partial charge on any atom is 0.219 e. The van der Waals surface area contributed by atoms with E-state index in [1.807, 2.05) is 50.2 Å². The predicted molar refractivity (Wildman–Crippen MR) is 68.1 cm³/mol. The number of nitrogens with zero attached hydrogens (tertiary/aromatic N) is 1. The lowest BCUT2D eigenvalue weighted by Crippen LogP contribution is -2.05. The Morgan fingerprint density at radius 3 is 2.53 bits per heavy atom. The van der Waals surface area contributed by atoms with E-state index in [4.69, 9.17) is 10.5 Å². The minimum Gasteiger partial charge on any atom is -0.439 e. The number of benzene rings is 1. The minimum atomic E-state index is -0.00462. The number of para-hydroxylation sites is 1. The monoisotopic (exact) mass is 228 g/mol. The van der Waals surface area contributed by atoms with Crippen LogP contribution in [0.15, 0.2) is 42.6 Å². The molecule has 0 fully saturated rings. The Morgan fingerprint density at radius 2 is 1.94 bits per heavy atom. The second kappa shape index (κ2) is 4.97. The van der Waals surface area contributed by atoms with Crippen molar-refractivity contribution in [2.45, 2.75) is 19.9 Å². The molecule has 0 saturated carbocycles. The van der Waals surface area contributed by atoms with Crippen molar-refractivity contribution < 1.29 is 4.74 Å². The SMILES string of the molecule is Cc1ccccc1Oc1ccc([C@H](C)N)cn1. The number of nitrogens with two attached hydrogens (primary N) is 1. The summed E-state index contributed by atoms with van der Waals surface area (Å²) in [6.07, 6.45) is 1.75. The van der Waals surface area contributed by atoms with E-state index in [9.17, 15) is 0 Å². The van der Waals surface area contributed by atoms with E-state index in [2.05, 4.69) is 4.98 Å². The first-order valence-corrected chi connectivity index (χ1v) is 5.62. The van der Waals surface area contributed by atoms with Gasteiger partial charge in [-0.25, -0.2) is 4.98 Å². The Kier molecular flexibility index (Phi) is 3.40. The number of aromatic nitrogens is 1. The highest BCUT2D eigenvalue weighted by Gasteiger charge is 2.03. The average molecular weight is 228 g/mol. The molecule has 0 aliphatic heterocycles. The van der Waals surface area contributed by atoms with E-state index in [1.54, 1.807) is 6.20 Å². The molecular formula is C14H16N2O. The molecule has 17 heavy (non-hydrogen) atoms. The van der Waals surface area contributed by atoms with Crippen molar-refractivity contribution in [3.05, 3.63) is 53.7 Å². The summed E-state index contributed by atoms with van der Waals surface area (Å²) in [7, 11) is 0. The van der Waals surface area contributed by atoms with Crippen molar-refractivity contribution in [3.8, 4) is 11.6 Å². The van der Waals surface area contributed by atoms with Crippen LogP contribution < -0.4 is 10.5 Å². The van der Waals surface area contributed by atoms with Crippen LogP contribution in [0.2, 0.25) is 0 Å². The lowest BCUT2D eigenvalue weighted by molar-refractivity contribution is 0.459. The average Bonchev–Trinajstić information content (AvgIpc) is 2.33. The first kappa shape index (κ1) is 11.6. The molecule has 0 aliphatic carbocycles. The number of rotatable bonds is 3. The number of hydrogen-bond acceptors (Lipinski definition) is 3. The molecule has 2 N–H and O–H groups in total. The van der Waals surface area contributed by atoms with Crippen molar-refractivity contribution >= 4 is 0 Å².